The van der Waals surface area contributed by atoms with Gasteiger partial charge in [-0.2, -0.15) is 0 Å². The van der Waals surface area contributed by atoms with Crippen LogP contribution >= 0.6 is 0 Å². The van der Waals surface area contributed by atoms with Crippen LogP contribution in [0.3, 0.4) is 0 Å². The molecule has 0 aliphatic heterocycles. The number of hydrogen-bond donors (Lipinski definition) is 1. The Labute approximate surface area is 43.4 Å². The minimum atomic E-state index is 0.786. The molecule has 0 unspecified atom stereocenters. The average Bonchev–Trinajstić information content (AvgIpc) is 1.69. The van der Waals surface area contributed by atoms with E-state index in [1.54, 1.807) is 6.11 Å². The normalized spacial score (nSPS) is 4.71. The highest BCUT2D eigenvalue weighted by molar-refractivity contribution is 5.22. The van der Waals surface area contributed by atoms with E-state index < -0.39 is 0 Å². The molecule has 0 aromatic heterocycles. The lowest BCUT2D eigenvalue weighted by molar-refractivity contribution is 0.517. The van der Waals surface area contributed by atoms with E-state index in [0.29, 0.717) is 0 Å². The molecule has 0 saturated heterocycles. The molecule has 1 heteroatoms. The molecular weight excluding hydrogens is 88.1 g/mol. The zero-order chi connectivity index (χ0) is 5.54. The van der Waals surface area contributed by atoms with Crippen molar-refractivity contribution >= 4 is 0 Å². The van der Waals surface area contributed by atoms with Crippen LogP contribution in [0.1, 0.15) is 13.3 Å². The van der Waals surface area contributed by atoms with Crippen molar-refractivity contribution in [2.24, 2.45) is 0 Å². The van der Waals surface area contributed by atoms with Crippen LogP contribution in [0.15, 0.2) is 0 Å². The van der Waals surface area contributed by atoms with Crippen molar-refractivity contribution in [3.63, 3.8) is 0 Å². The summed E-state index contributed by atoms with van der Waals surface area (Å²) >= 11 is 0. The quantitative estimate of drug-likeness (QED) is 0.439. The van der Waals surface area contributed by atoms with Gasteiger partial charge >= 0.3 is 0 Å². The van der Waals surface area contributed by atoms with Crippen LogP contribution in [0.4, 0.5) is 0 Å². The van der Waals surface area contributed by atoms with Crippen LogP contribution < -0.4 is 0 Å². The Morgan fingerprint density at radius 2 is 2.14 bits per heavy atom. The van der Waals surface area contributed by atoms with Gasteiger partial charge in [0.25, 0.3) is 0 Å². The maximum Gasteiger partial charge on any atom is 0.122 e. The molecule has 1 nitrogen and oxygen atoms in total. The van der Waals surface area contributed by atoms with Crippen LogP contribution in [0, 0.1) is 23.9 Å². The summed E-state index contributed by atoms with van der Waals surface area (Å²) in [5.41, 5.74) is 0. The summed E-state index contributed by atoms with van der Waals surface area (Å²) in [6.07, 6.45) is 2.47. The number of aliphatic hydroxyl groups is 1. The Morgan fingerprint density at radius 1 is 1.43 bits per heavy atom. The first-order valence-corrected chi connectivity index (χ1v) is 2.03. The van der Waals surface area contributed by atoms with E-state index in [2.05, 4.69) is 17.8 Å². The number of aliphatic hydroxyl groups excluding tert-OH is 1. The van der Waals surface area contributed by atoms with Crippen molar-refractivity contribution in [3.05, 3.63) is 0 Å². The topological polar surface area (TPSA) is 20.2 Å². The highest BCUT2D eigenvalue weighted by Gasteiger charge is 1.53. The third-order valence-electron chi connectivity index (χ3n) is 0.384. The van der Waals surface area contributed by atoms with Gasteiger partial charge in [0.1, 0.15) is 6.11 Å². The smallest absolute Gasteiger partial charge is 0.122 e. The molecule has 7 heavy (non-hydrogen) atoms. The Bertz CT molecular complexity index is 137. The van der Waals surface area contributed by atoms with E-state index in [1.807, 2.05) is 6.92 Å². The van der Waals surface area contributed by atoms with Gasteiger partial charge < -0.3 is 5.11 Å². The molecule has 0 amide bonds. The van der Waals surface area contributed by atoms with Gasteiger partial charge in [-0.25, -0.2) is 0 Å². The van der Waals surface area contributed by atoms with Crippen molar-refractivity contribution in [2.45, 2.75) is 13.3 Å². The van der Waals surface area contributed by atoms with Crippen molar-refractivity contribution in [3.8, 4) is 23.9 Å². The largest absolute Gasteiger partial charge is 0.461 e. The molecule has 0 aliphatic rings. The van der Waals surface area contributed by atoms with Crippen LogP contribution in [-0.2, 0) is 0 Å². The first kappa shape index (κ1) is 5.92. The summed E-state index contributed by atoms with van der Waals surface area (Å²) in [4.78, 5) is 0. The fourth-order valence-corrected chi connectivity index (χ4v) is 0.161. The number of rotatable bonds is 0. The summed E-state index contributed by atoms with van der Waals surface area (Å²) in [5, 5.41) is 7.83. The van der Waals surface area contributed by atoms with Gasteiger partial charge in [0.2, 0.25) is 0 Å². The standard InChI is InChI=1S/C6H6O/c1-2-3-4-5-6-7/h7H,2H2,1H3. The highest BCUT2D eigenvalue weighted by Crippen LogP contribution is 1.63. The van der Waals surface area contributed by atoms with Crippen molar-refractivity contribution in [1.82, 2.24) is 0 Å². The first-order chi connectivity index (χ1) is 3.41. The van der Waals surface area contributed by atoms with Gasteiger partial charge in [-0.05, 0) is 5.92 Å². The van der Waals surface area contributed by atoms with Crippen molar-refractivity contribution < 1.29 is 5.11 Å². The zero-order valence-corrected chi connectivity index (χ0v) is 4.15. The average molecular weight is 94.1 g/mol. The molecule has 1 N–H and O–H groups in total. The Balaban J connectivity index is 3.39. The van der Waals surface area contributed by atoms with E-state index in [9.17, 15) is 0 Å². The fourth-order valence-electron chi connectivity index (χ4n) is 0.161. The molecule has 0 aromatic rings. The summed E-state index contributed by atoms with van der Waals surface area (Å²) < 4.78 is 0. The molecule has 0 radical (unpaired) electrons. The van der Waals surface area contributed by atoms with Gasteiger partial charge in [0, 0.05) is 12.3 Å². The van der Waals surface area contributed by atoms with Crippen LogP contribution in [0.5, 0.6) is 0 Å². The van der Waals surface area contributed by atoms with E-state index in [4.69, 9.17) is 5.11 Å². The summed E-state index contributed by atoms with van der Waals surface area (Å²) in [5.74, 6) is 7.28. The van der Waals surface area contributed by atoms with E-state index in [1.165, 1.54) is 0 Å². The van der Waals surface area contributed by atoms with Crippen LogP contribution in [0.2, 0.25) is 0 Å². The van der Waals surface area contributed by atoms with Gasteiger partial charge in [-0.1, -0.05) is 12.8 Å². The lowest BCUT2D eigenvalue weighted by Gasteiger charge is -1.59. The molecule has 0 fully saturated rings. The molecule has 0 aromatic carbocycles. The zero-order valence-electron chi connectivity index (χ0n) is 4.15. The van der Waals surface area contributed by atoms with Gasteiger partial charge in [0.05, 0.1) is 0 Å². The monoisotopic (exact) mass is 94.0 g/mol. The summed E-state index contributed by atoms with van der Waals surface area (Å²) in [6, 6.07) is 0. The SMILES string of the molecule is CCC#CC#CO. The molecule has 0 aliphatic carbocycles. The molecule has 0 saturated carbocycles. The second kappa shape index (κ2) is 4.92. The minimum absolute atomic E-state index is 0.786. The molecule has 0 rings (SSSR count). The lowest BCUT2D eigenvalue weighted by atomic mass is 10.5. The van der Waals surface area contributed by atoms with E-state index in [0.717, 1.165) is 6.42 Å². The summed E-state index contributed by atoms with van der Waals surface area (Å²) in [7, 11) is 0. The van der Waals surface area contributed by atoms with Gasteiger partial charge in [-0.3, -0.25) is 0 Å². The second-order valence-electron chi connectivity index (χ2n) is 0.892. The molecule has 0 bridgehead atoms. The van der Waals surface area contributed by atoms with Crippen molar-refractivity contribution in [1.29, 1.82) is 0 Å². The highest BCUT2D eigenvalue weighted by atomic mass is 16.2. The van der Waals surface area contributed by atoms with E-state index in [-0.39, 0.29) is 0 Å². The van der Waals surface area contributed by atoms with Crippen molar-refractivity contribution in [2.75, 3.05) is 0 Å². The second-order valence-corrected chi connectivity index (χ2v) is 0.892. The molecule has 0 atom stereocenters. The predicted molar refractivity (Wildman–Crippen MR) is 27.8 cm³/mol. The van der Waals surface area contributed by atoms with E-state index >= 15 is 0 Å². The Hall–Kier alpha value is -1.08. The minimum Gasteiger partial charge on any atom is -0.461 e. The molecule has 0 heterocycles. The third kappa shape index (κ3) is 4.92. The van der Waals surface area contributed by atoms with Gasteiger partial charge in [-0.15, -0.1) is 0 Å². The number of hydrogen-bond acceptors (Lipinski definition) is 1. The molecular formula is C6H6O. The van der Waals surface area contributed by atoms with Gasteiger partial charge in [0.15, 0.2) is 0 Å². The maximum absolute atomic E-state index is 7.83. The molecule has 36 valence electrons. The molecule has 0 spiro atoms. The summed E-state index contributed by atoms with van der Waals surface area (Å²) in [6.45, 7) is 1.92. The Morgan fingerprint density at radius 3 is 2.57 bits per heavy atom. The van der Waals surface area contributed by atoms with Crippen LogP contribution in [0.25, 0.3) is 0 Å². The maximum atomic E-state index is 7.83. The fraction of sp³-hybridized carbons (Fsp3) is 0.333. The Kier molecular flexibility index (Phi) is 4.16. The lowest BCUT2D eigenvalue weighted by Crippen LogP contribution is -1.52. The first-order valence-electron chi connectivity index (χ1n) is 2.03. The predicted octanol–water partition coefficient (Wildman–Crippen LogP) is 0.733. The third-order valence-corrected chi connectivity index (χ3v) is 0.384. The van der Waals surface area contributed by atoms with Crippen LogP contribution in [-0.4, -0.2) is 5.11 Å².